The van der Waals surface area contributed by atoms with Gasteiger partial charge in [-0.1, -0.05) is 18.2 Å². The van der Waals surface area contributed by atoms with Crippen LogP contribution in [0, 0.1) is 0 Å². The molecular weight excluding hydrogens is 366 g/mol. The Morgan fingerprint density at radius 1 is 1.10 bits per heavy atom. The molecule has 2 aromatic carbocycles. The molecule has 6 nitrogen and oxygen atoms in total. The zero-order chi connectivity index (χ0) is 20.8. The fraction of sp³-hybridized carbons (Fsp3) is 0.348. The molecule has 29 heavy (non-hydrogen) atoms. The summed E-state index contributed by atoms with van der Waals surface area (Å²) >= 11 is 0. The lowest BCUT2D eigenvalue weighted by molar-refractivity contribution is -0.118. The van der Waals surface area contributed by atoms with Gasteiger partial charge in [0, 0.05) is 18.3 Å². The third-order valence-corrected chi connectivity index (χ3v) is 4.77. The maximum absolute atomic E-state index is 13.3. The van der Waals surface area contributed by atoms with E-state index < -0.39 is 5.92 Å². The van der Waals surface area contributed by atoms with Crippen molar-refractivity contribution >= 4 is 23.7 Å². The minimum absolute atomic E-state index is 0.283. The Labute approximate surface area is 171 Å². The summed E-state index contributed by atoms with van der Waals surface area (Å²) in [6.45, 7) is 4.04. The summed E-state index contributed by atoms with van der Waals surface area (Å²) in [7, 11) is 4.04. The molecule has 1 aliphatic heterocycles. The highest BCUT2D eigenvalue weighted by atomic mass is 16.5. The van der Waals surface area contributed by atoms with Crippen molar-refractivity contribution in [3.05, 3.63) is 59.7 Å². The maximum atomic E-state index is 13.3. The number of benzene rings is 2. The molecule has 0 bridgehead atoms. The molecule has 0 saturated carbocycles. The van der Waals surface area contributed by atoms with Crippen LogP contribution in [0.4, 0.5) is 5.69 Å². The average Bonchev–Trinajstić information content (AvgIpc) is 2.71. The van der Waals surface area contributed by atoms with Gasteiger partial charge in [-0.25, -0.2) is 4.90 Å². The van der Waals surface area contributed by atoms with E-state index in [-0.39, 0.29) is 11.8 Å². The standard InChI is InChI=1S/C23H27N3O3/c1-4-29-18-12-10-17(11-13-18)26-22(27)20-9-6-5-8-19(20)21(23(26)28)16-24-14-7-15-25(2)3/h5-6,8-13,16,21H,4,7,14-15H2,1-3H3/t21-/m1/s1. The molecule has 0 aromatic heterocycles. The smallest absolute Gasteiger partial charge is 0.265 e. The first kappa shape index (κ1) is 20.7. The van der Waals surface area contributed by atoms with Crippen LogP contribution in [-0.4, -0.2) is 56.7 Å². The van der Waals surface area contributed by atoms with Gasteiger partial charge in [-0.15, -0.1) is 0 Å². The molecule has 0 aliphatic carbocycles. The van der Waals surface area contributed by atoms with Gasteiger partial charge in [-0.3, -0.25) is 14.6 Å². The van der Waals surface area contributed by atoms with Crippen molar-refractivity contribution in [1.29, 1.82) is 0 Å². The number of rotatable bonds is 8. The Balaban J connectivity index is 1.88. The zero-order valence-electron chi connectivity index (χ0n) is 17.2. The van der Waals surface area contributed by atoms with Crippen LogP contribution in [0.3, 0.4) is 0 Å². The molecule has 0 fully saturated rings. The van der Waals surface area contributed by atoms with Crippen molar-refractivity contribution in [3.63, 3.8) is 0 Å². The second kappa shape index (κ2) is 9.47. The van der Waals surface area contributed by atoms with Crippen molar-refractivity contribution in [2.75, 3.05) is 38.7 Å². The summed E-state index contributed by atoms with van der Waals surface area (Å²) in [5.74, 6) is -0.469. The number of carbonyl (C=O) groups is 2. The molecule has 1 heterocycles. The Hall–Kier alpha value is -2.99. The van der Waals surface area contributed by atoms with E-state index in [4.69, 9.17) is 4.74 Å². The van der Waals surface area contributed by atoms with Crippen LogP contribution in [0.15, 0.2) is 53.5 Å². The molecule has 0 N–H and O–H groups in total. The molecule has 1 atom stereocenters. The van der Waals surface area contributed by atoms with Gasteiger partial charge in [0.25, 0.3) is 5.91 Å². The molecular formula is C23H27N3O3. The van der Waals surface area contributed by atoms with Crippen molar-refractivity contribution in [1.82, 2.24) is 4.90 Å². The van der Waals surface area contributed by atoms with E-state index in [2.05, 4.69) is 9.89 Å². The van der Waals surface area contributed by atoms with Gasteiger partial charge in [0.05, 0.1) is 18.2 Å². The third-order valence-electron chi connectivity index (χ3n) is 4.77. The third kappa shape index (κ3) is 4.71. The van der Waals surface area contributed by atoms with E-state index in [9.17, 15) is 9.59 Å². The van der Waals surface area contributed by atoms with Crippen LogP contribution < -0.4 is 9.64 Å². The predicted octanol–water partition coefficient (Wildman–Crippen LogP) is 3.38. The second-order valence-electron chi connectivity index (χ2n) is 7.18. The van der Waals surface area contributed by atoms with E-state index in [1.165, 1.54) is 4.90 Å². The van der Waals surface area contributed by atoms with Crippen LogP contribution in [-0.2, 0) is 4.79 Å². The molecule has 0 saturated heterocycles. The number of ether oxygens (including phenoxy) is 1. The summed E-state index contributed by atoms with van der Waals surface area (Å²) < 4.78 is 5.46. The number of hydrogen-bond acceptors (Lipinski definition) is 5. The zero-order valence-corrected chi connectivity index (χ0v) is 17.2. The average molecular weight is 393 g/mol. The second-order valence-corrected chi connectivity index (χ2v) is 7.18. The molecule has 2 aromatic rings. The summed E-state index contributed by atoms with van der Waals surface area (Å²) in [5, 5.41) is 0. The number of fused-ring (bicyclic) bond motifs is 1. The van der Waals surface area contributed by atoms with Gasteiger partial charge in [-0.2, -0.15) is 0 Å². The predicted molar refractivity (Wildman–Crippen MR) is 115 cm³/mol. The highest BCUT2D eigenvalue weighted by molar-refractivity contribution is 6.29. The number of imide groups is 1. The van der Waals surface area contributed by atoms with Gasteiger partial charge in [0.2, 0.25) is 5.91 Å². The van der Waals surface area contributed by atoms with Crippen LogP contribution >= 0.6 is 0 Å². The summed E-state index contributed by atoms with van der Waals surface area (Å²) in [5.41, 5.74) is 1.77. The van der Waals surface area contributed by atoms with E-state index >= 15 is 0 Å². The molecule has 3 rings (SSSR count). The molecule has 0 spiro atoms. The van der Waals surface area contributed by atoms with Crippen molar-refractivity contribution < 1.29 is 14.3 Å². The number of amides is 2. The Kier molecular flexibility index (Phi) is 6.77. The molecule has 2 amide bonds. The number of hydrogen-bond donors (Lipinski definition) is 0. The quantitative estimate of drug-likeness (QED) is 0.392. The van der Waals surface area contributed by atoms with E-state index in [0.29, 0.717) is 35.7 Å². The number of anilines is 1. The van der Waals surface area contributed by atoms with E-state index in [1.54, 1.807) is 36.5 Å². The van der Waals surface area contributed by atoms with Crippen molar-refractivity contribution in [3.8, 4) is 5.75 Å². The lowest BCUT2D eigenvalue weighted by Crippen LogP contribution is -2.45. The Bertz CT molecular complexity index is 890. The monoisotopic (exact) mass is 393 g/mol. The lowest BCUT2D eigenvalue weighted by atomic mass is 9.89. The van der Waals surface area contributed by atoms with Gasteiger partial charge >= 0.3 is 0 Å². The van der Waals surface area contributed by atoms with Crippen LogP contribution in [0.5, 0.6) is 5.75 Å². The van der Waals surface area contributed by atoms with Crippen LogP contribution in [0.25, 0.3) is 0 Å². The van der Waals surface area contributed by atoms with Crippen LogP contribution in [0.2, 0.25) is 0 Å². The first-order valence-corrected chi connectivity index (χ1v) is 9.87. The molecule has 1 aliphatic rings. The Morgan fingerprint density at radius 3 is 2.52 bits per heavy atom. The Morgan fingerprint density at radius 2 is 1.83 bits per heavy atom. The van der Waals surface area contributed by atoms with Crippen molar-refractivity contribution in [2.45, 2.75) is 19.3 Å². The lowest BCUT2D eigenvalue weighted by Gasteiger charge is -2.31. The molecule has 6 heteroatoms. The van der Waals surface area contributed by atoms with Crippen LogP contribution in [0.1, 0.15) is 35.2 Å². The normalized spacial score (nSPS) is 16.6. The minimum atomic E-state index is -0.574. The first-order chi connectivity index (χ1) is 14.0. The first-order valence-electron chi connectivity index (χ1n) is 9.87. The SMILES string of the molecule is CCOc1ccc(N2C(=O)c3ccccc3[C@@H](C=NCCCN(C)C)C2=O)cc1. The fourth-order valence-electron chi connectivity index (χ4n) is 3.36. The molecule has 152 valence electrons. The fourth-order valence-corrected chi connectivity index (χ4v) is 3.36. The van der Waals surface area contributed by atoms with E-state index in [1.807, 2.05) is 39.2 Å². The summed E-state index contributed by atoms with van der Waals surface area (Å²) in [6.07, 6.45) is 2.60. The number of aliphatic imine (C=N–C) groups is 1. The van der Waals surface area contributed by atoms with E-state index in [0.717, 1.165) is 13.0 Å². The number of nitrogens with zero attached hydrogens (tertiary/aromatic N) is 3. The maximum Gasteiger partial charge on any atom is 0.265 e. The summed E-state index contributed by atoms with van der Waals surface area (Å²) in [6, 6.07) is 14.3. The van der Waals surface area contributed by atoms with Crippen molar-refractivity contribution in [2.24, 2.45) is 4.99 Å². The number of carbonyl (C=O) groups excluding carboxylic acids is 2. The van der Waals surface area contributed by atoms with Gasteiger partial charge in [-0.05, 0) is 69.9 Å². The topological polar surface area (TPSA) is 62.2 Å². The largest absolute Gasteiger partial charge is 0.494 e. The highest BCUT2D eigenvalue weighted by Gasteiger charge is 2.38. The van der Waals surface area contributed by atoms with Gasteiger partial charge in [0.1, 0.15) is 5.75 Å². The highest BCUT2D eigenvalue weighted by Crippen LogP contribution is 2.32. The molecule has 0 unspecified atom stereocenters. The minimum Gasteiger partial charge on any atom is -0.494 e. The molecule has 0 radical (unpaired) electrons. The summed E-state index contributed by atoms with van der Waals surface area (Å²) in [4.78, 5) is 34.1. The van der Waals surface area contributed by atoms with Gasteiger partial charge in [0.15, 0.2) is 0 Å². The van der Waals surface area contributed by atoms with Gasteiger partial charge < -0.3 is 9.64 Å².